The SMILES string of the molecule is CCOC(=O)CC(O)CN(C)Cc1ccco1. The average Bonchev–Trinajstić information content (AvgIpc) is 2.69. The highest BCUT2D eigenvalue weighted by molar-refractivity contribution is 5.69. The smallest absolute Gasteiger partial charge is 0.308 e. The van der Waals surface area contributed by atoms with Gasteiger partial charge in [-0.1, -0.05) is 0 Å². The predicted molar refractivity (Wildman–Crippen MR) is 62.3 cm³/mol. The number of esters is 1. The monoisotopic (exact) mass is 241 g/mol. The van der Waals surface area contributed by atoms with Crippen LogP contribution in [-0.2, 0) is 16.1 Å². The third-order valence-electron chi connectivity index (χ3n) is 2.24. The molecule has 0 amide bonds. The Labute approximate surface area is 101 Å². The normalized spacial score (nSPS) is 12.7. The van der Waals surface area contributed by atoms with Crippen molar-refractivity contribution in [3.63, 3.8) is 0 Å². The molecule has 0 saturated carbocycles. The molecule has 0 radical (unpaired) electrons. The van der Waals surface area contributed by atoms with Crippen LogP contribution in [0.5, 0.6) is 0 Å². The lowest BCUT2D eigenvalue weighted by Crippen LogP contribution is -2.30. The number of nitrogens with zero attached hydrogens (tertiary/aromatic N) is 1. The minimum absolute atomic E-state index is 0.0241. The first-order valence-electron chi connectivity index (χ1n) is 5.66. The van der Waals surface area contributed by atoms with Gasteiger partial charge >= 0.3 is 5.97 Å². The molecule has 1 aromatic heterocycles. The first kappa shape index (κ1) is 13.7. The van der Waals surface area contributed by atoms with Crippen LogP contribution in [0.2, 0.25) is 0 Å². The number of hydrogen-bond acceptors (Lipinski definition) is 5. The third kappa shape index (κ3) is 5.51. The second-order valence-corrected chi connectivity index (χ2v) is 3.94. The molecule has 0 fully saturated rings. The van der Waals surface area contributed by atoms with Crippen LogP contribution < -0.4 is 0 Å². The summed E-state index contributed by atoms with van der Waals surface area (Å²) in [5, 5.41) is 9.67. The van der Waals surface area contributed by atoms with Gasteiger partial charge in [0.1, 0.15) is 5.76 Å². The number of hydrogen-bond donors (Lipinski definition) is 1. The molecule has 96 valence electrons. The van der Waals surface area contributed by atoms with E-state index in [4.69, 9.17) is 9.15 Å². The second-order valence-electron chi connectivity index (χ2n) is 3.94. The van der Waals surface area contributed by atoms with Gasteiger partial charge in [-0.3, -0.25) is 9.69 Å². The molecule has 17 heavy (non-hydrogen) atoms. The second kappa shape index (κ2) is 7.09. The lowest BCUT2D eigenvalue weighted by atomic mass is 10.2. The first-order chi connectivity index (χ1) is 8.11. The van der Waals surface area contributed by atoms with E-state index in [1.165, 1.54) is 0 Å². The number of carbonyl (C=O) groups is 1. The maximum atomic E-state index is 11.1. The maximum Gasteiger partial charge on any atom is 0.308 e. The van der Waals surface area contributed by atoms with Crippen molar-refractivity contribution in [3.05, 3.63) is 24.2 Å². The summed E-state index contributed by atoms with van der Waals surface area (Å²) in [6, 6.07) is 3.69. The molecule has 1 unspecified atom stereocenters. The minimum atomic E-state index is -0.714. The largest absolute Gasteiger partial charge is 0.468 e. The fourth-order valence-electron chi connectivity index (χ4n) is 1.57. The third-order valence-corrected chi connectivity index (χ3v) is 2.24. The summed E-state index contributed by atoms with van der Waals surface area (Å²) in [5.41, 5.74) is 0. The van der Waals surface area contributed by atoms with Gasteiger partial charge in [0.15, 0.2) is 0 Å². The summed E-state index contributed by atoms with van der Waals surface area (Å²) in [6.07, 6.45) is 0.920. The lowest BCUT2D eigenvalue weighted by molar-refractivity contribution is -0.145. The van der Waals surface area contributed by atoms with Gasteiger partial charge < -0.3 is 14.3 Å². The molecule has 5 heteroatoms. The van der Waals surface area contributed by atoms with Crippen LogP contribution in [0.4, 0.5) is 0 Å². The van der Waals surface area contributed by atoms with Gasteiger partial charge in [0, 0.05) is 6.54 Å². The maximum absolute atomic E-state index is 11.1. The molecule has 1 atom stereocenters. The standard InChI is InChI=1S/C12H19NO4/c1-3-16-12(15)7-10(14)8-13(2)9-11-5-4-6-17-11/h4-6,10,14H,3,7-9H2,1-2H3. The van der Waals surface area contributed by atoms with Crippen LogP contribution in [0.1, 0.15) is 19.1 Å². The molecule has 0 aliphatic rings. The number of aliphatic hydroxyl groups is 1. The molecule has 0 saturated heterocycles. The van der Waals surface area contributed by atoms with Crippen LogP contribution in [0.15, 0.2) is 22.8 Å². The van der Waals surface area contributed by atoms with Crippen molar-refractivity contribution in [2.24, 2.45) is 0 Å². The fraction of sp³-hybridized carbons (Fsp3) is 0.583. The Hall–Kier alpha value is -1.33. The molecule has 1 aromatic rings. The van der Waals surface area contributed by atoms with E-state index in [1.807, 2.05) is 24.1 Å². The van der Waals surface area contributed by atoms with Crippen molar-refractivity contribution in [2.45, 2.75) is 26.0 Å². The highest BCUT2D eigenvalue weighted by Gasteiger charge is 2.14. The minimum Gasteiger partial charge on any atom is -0.468 e. The van der Waals surface area contributed by atoms with Gasteiger partial charge in [0.2, 0.25) is 0 Å². The first-order valence-corrected chi connectivity index (χ1v) is 5.66. The van der Waals surface area contributed by atoms with Gasteiger partial charge in [0.05, 0.1) is 31.9 Å². The van der Waals surface area contributed by atoms with Crippen LogP contribution in [-0.4, -0.2) is 42.3 Å². The van der Waals surface area contributed by atoms with E-state index in [-0.39, 0.29) is 12.4 Å². The van der Waals surface area contributed by atoms with E-state index in [0.717, 1.165) is 5.76 Å². The molecule has 0 aliphatic heterocycles. The van der Waals surface area contributed by atoms with Gasteiger partial charge in [-0.2, -0.15) is 0 Å². The molecule has 1 rings (SSSR count). The Bertz CT molecular complexity index is 323. The highest BCUT2D eigenvalue weighted by Crippen LogP contribution is 2.05. The predicted octanol–water partition coefficient (Wildman–Crippen LogP) is 1.03. The van der Waals surface area contributed by atoms with E-state index in [9.17, 15) is 9.90 Å². The molecule has 0 bridgehead atoms. The van der Waals surface area contributed by atoms with Crippen LogP contribution in [0.3, 0.4) is 0 Å². The molecule has 0 aromatic carbocycles. The summed E-state index contributed by atoms with van der Waals surface area (Å²) >= 11 is 0. The van der Waals surface area contributed by atoms with Crippen molar-refractivity contribution < 1.29 is 19.1 Å². The number of aliphatic hydroxyl groups excluding tert-OH is 1. The number of furan rings is 1. The van der Waals surface area contributed by atoms with Crippen molar-refractivity contribution >= 4 is 5.97 Å². The van der Waals surface area contributed by atoms with E-state index in [1.54, 1.807) is 13.2 Å². The van der Waals surface area contributed by atoms with E-state index < -0.39 is 6.10 Å². The van der Waals surface area contributed by atoms with Gasteiger partial charge in [-0.15, -0.1) is 0 Å². The van der Waals surface area contributed by atoms with Gasteiger partial charge in [-0.25, -0.2) is 0 Å². The van der Waals surface area contributed by atoms with Crippen molar-refractivity contribution in [1.29, 1.82) is 0 Å². The lowest BCUT2D eigenvalue weighted by Gasteiger charge is -2.18. The molecule has 1 heterocycles. The summed E-state index contributed by atoms with van der Waals surface area (Å²) in [6.45, 7) is 3.09. The Balaban J connectivity index is 2.25. The van der Waals surface area contributed by atoms with Gasteiger partial charge in [-0.05, 0) is 26.1 Å². The molecular weight excluding hydrogens is 222 g/mol. The molecule has 0 spiro atoms. The number of rotatable bonds is 7. The zero-order valence-corrected chi connectivity index (χ0v) is 10.3. The van der Waals surface area contributed by atoms with Crippen molar-refractivity contribution in [1.82, 2.24) is 4.90 Å². The number of carbonyl (C=O) groups excluding carboxylic acids is 1. The molecule has 0 aliphatic carbocycles. The summed E-state index contributed by atoms with van der Waals surface area (Å²) < 4.78 is 9.95. The Kier molecular flexibility index (Phi) is 5.72. The summed E-state index contributed by atoms with van der Waals surface area (Å²) in [7, 11) is 1.86. The zero-order valence-electron chi connectivity index (χ0n) is 10.3. The van der Waals surface area contributed by atoms with Gasteiger partial charge in [0.25, 0.3) is 0 Å². The van der Waals surface area contributed by atoms with Crippen LogP contribution in [0, 0.1) is 0 Å². The summed E-state index contributed by atoms with van der Waals surface area (Å²) in [5.74, 6) is 0.460. The van der Waals surface area contributed by atoms with Crippen molar-refractivity contribution in [3.8, 4) is 0 Å². The zero-order chi connectivity index (χ0) is 12.7. The van der Waals surface area contributed by atoms with Crippen LogP contribution in [0.25, 0.3) is 0 Å². The van der Waals surface area contributed by atoms with E-state index in [2.05, 4.69) is 0 Å². The number of ether oxygens (including phenoxy) is 1. The quantitative estimate of drug-likeness (QED) is 0.722. The molecule has 1 N–H and O–H groups in total. The van der Waals surface area contributed by atoms with E-state index >= 15 is 0 Å². The Morgan fingerprint density at radius 2 is 2.41 bits per heavy atom. The molecular formula is C12H19NO4. The summed E-state index contributed by atoms with van der Waals surface area (Å²) in [4.78, 5) is 13.0. The van der Waals surface area contributed by atoms with E-state index in [0.29, 0.717) is 19.7 Å². The van der Waals surface area contributed by atoms with Crippen molar-refractivity contribution in [2.75, 3.05) is 20.2 Å². The highest BCUT2D eigenvalue weighted by atomic mass is 16.5. The number of likely N-dealkylation sites (N-methyl/N-ethyl adjacent to an activating group) is 1. The topological polar surface area (TPSA) is 62.9 Å². The fourth-order valence-corrected chi connectivity index (χ4v) is 1.57. The average molecular weight is 241 g/mol. The Morgan fingerprint density at radius 3 is 3.00 bits per heavy atom. The Morgan fingerprint density at radius 1 is 1.65 bits per heavy atom. The van der Waals surface area contributed by atoms with Crippen LogP contribution >= 0.6 is 0 Å². The molecule has 5 nitrogen and oxygen atoms in total.